The number of hydrogen-bond acceptors (Lipinski definition) is 4. The van der Waals surface area contributed by atoms with Crippen LogP contribution in [0.15, 0.2) is 0 Å². The maximum absolute atomic E-state index is 11.9. The Morgan fingerprint density at radius 2 is 2.33 bits per heavy atom. The van der Waals surface area contributed by atoms with Gasteiger partial charge in [-0.1, -0.05) is 0 Å². The second kappa shape index (κ2) is 6.50. The summed E-state index contributed by atoms with van der Waals surface area (Å²) < 4.78 is 4.94. The van der Waals surface area contributed by atoms with E-state index < -0.39 is 6.04 Å². The van der Waals surface area contributed by atoms with Crippen LogP contribution in [0, 0.1) is 0 Å². The van der Waals surface area contributed by atoms with Crippen LogP contribution in [0.25, 0.3) is 0 Å². The number of piperidine rings is 1. The Bertz CT molecular complexity index is 285. The number of carbonyl (C=O) groups excluding carboxylic acids is 1. The molecule has 5 nitrogen and oxygen atoms in total. The van der Waals surface area contributed by atoms with Crippen LogP contribution < -0.4 is 11.1 Å². The number of nitrogens with zero attached hydrogens (tertiary/aromatic N) is 1. The number of amides is 1. The van der Waals surface area contributed by atoms with E-state index >= 15 is 0 Å². The molecule has 0 radical (unpaired) electrons. The van der Waals surface area contributed by atoms with E-state index in [1.165, 1.54) is 19.4 Å². The van der Waals surface area contributed by atoms with Crippen LogP contribution in [0.2, 0.25) is 0 Å². The minimum absolute atomic E-state index is 0.0245. The van der Waals surface area contributed by atoms with E-state index in [9.17, 15) is 4.79 Å². The van der Waals surface area contributed by atoms with Crippen molar-refractivity contribution in [2.75, 3.05) is 26.8 Å². The largest absolute Gasteiger partial charge is 0.385 e. The van der Waals surface area contributed by atoms with Gasteiger partial charge >= 0.3 is 0 Å². The molecule has 2 aliphatic rings. The molecule has 0 spiro atoms. The molecule has 2 saturated heterocycles. The Labute approximate surface area is 109 Å². The second-order valence-corrected chi connectivity index (χ2v) is 5.45. The topological polar surface area (TPSA) is 67.6 Å². The normalized spacial score (nSPS) is 29.9. The number of carbonyl (C=O) groups is 1. The molecule has 0 aromatic rings. The van der Waals surface area contributed by atoms with Crippen molar-refractivity contribution in [1.29, 1.82) is 0 Å². The number of nitrogens with two attached hydrogens (primary N) is 1. The minimum atomic E-state index is -0.438. The van der Waals surface area contributed by atoms with Gasteiger partial charge in [-0.15, -0.1) is 0 Å². The zero-order valence-corrected chi connectivity index (χ0v) is 11.2. The SMILES string of the molecule is COCCC(N)C(=O)NC1CCN2CCCC2C1. The van der Waals surface area contributed by atoms with Gasteiger partial charge in [0, 0.05) is 32.3 Å². The van der Waals surface area contributed by atoms with E-state index in [0.29, 0.717) is 25.1 Å². The maximum atomic E-state index is 11.9. The summed E-state index contributed by atoms with van der Waals surface area (Å²) in [6.07, 6.45) is 5.31. The predicted molar refractivity (Wildman–Crippen MR) is 70.2 cm³/mol. The molecule has 3 atom stereocenters. The smallest absolute Gasteiger partial charge is 0.237 e. The molecule has 18 heavy (non-hydrogen) atoms. The fraction of sp³-hybridized carbons (Fsp3) is 0.923. The van der Waals surface area contributed by atoms with Crippen LogP contribution >= 0.6 is 0 Å². The van der Waals surface area contributed by atoms with Crippen LogP contribution in [-0.4, -0.2) is 55.7 Å². The molecular formula is C13H25N3O2. The van der Waals surface area contributed by atoms with Crippen LogP contribution in [0.3, 0.4) is 0 Å². The molecule has 2 heterocycles. The van der Waals surface area contributed by atoms with Gasteiger partial charge in [-0.2, -0.15) is 0 Å². The summed E-state index contributed by atoms with van der Waals surface area (Å²) in [5.41, 5.74) is 5.82. The van der Waals surface area contributed by atoms with E-state index in [2.05, 4.69) is 10.2 Å². The zero-order chi connectivity index (χ0) is 13.0. The molecule has 2 rings (SSSR count). The number of rotatable bonds is 5. The van der Waals surface area contributed by atoms with Crippen molar-refractivity contribution < 1.29 is 9.53 Å². The highest BCUT2D eigenvalue weighted by atomic mass is 16.5. The third-order valence-electron chi connectivity index (χ3n) is 4.14. The van der Waals surface area contributed by atoms with Gasteiger partial charge in [-0.05, 0) is 38.6 Å². The average molecular weight is 255 g/mol. The lowest BCUT2D eigenvalue weighted by Gasteiger charge is -2.35. The summed E-state index contributed by atoms with van der Waals surface area (Å²) in [6.45, 7) is 2.89. The highest BCUT2D eigenvalue weighted by molar-refractivity contribution is 5.81. The lowest BCUT2D eigenvalue weighted by Crippen LogP contribution is -2.51. The van der Waals surface area contributed by atoms with Crippen LogP contribution in [-0.2, 0) is 9.53 Å². The van der Waals surface area contributed by atoms with Crippen LogP contribution in [0.1, 0.15) is 32.1 Å². The molecule has 5 heteroatoms. The van der Waals surface area contributed by atoms with Gasteiger partial charge in [-0.25, -0.2) is 0 Å². The number of fused-ring (bicyclic) bond motifs is 1. The van der Waals surface area contributed by atoms with Gasteiger partial charge in [0.25, 0.3) is 0 Å². The lowest BCUT2D eigenvalue weighted by molar-refractivity contribution is -0.123. The molecule has 1 amide bonds. The second-order valence-electron chi connectivity index (χ2n) is 5.45. The first kappa shape index (κ1) is 13.8. The summed E-state index contributed by atoms with van der Waals surface area (Å²) in [5.74, 6) is -0.0245. The van der Waals surface area contributed by atoms with Crippen molar-refractivity contribution in [2.24, 2.45) is 5.73 Å². The number of hydrogen-bond donors (Lipinski definition) is 2. The molecule has 0 aromatic carbocycles. The van der Waals surface area contributed by atoms with Crippen molar-refractivity contribution >= 4 is 5.91 Å². The number of nitrogens with one attached hydrogen (secondary N) is 1. The molecule has 2 fully saturated rings. The monoisotopic (exact) mass is 255 g/mol. The molecule has 3 unspecified atom stereocenters. The maximum Gasteiger partial charge on any atom is 0.237 e. The van der Waals surface area contributed by atoms with Crippen molar-refractivity contribution in [1.82, 2.24) is 10.2 Å². The fourth-order valence-corrected chi connectivity index (χ4v) is 3.04. The summed E-state index contributed by atoms with van der Waals surface area (Å²) in [4.78, 5) is 14.5. The van der Waals surface area contributed by atoms with E-state index in [-0.39, 0.29) is 5.91 Å². The lowest BCUT2D eigenvalue weighted by atomic mass is 9.97. The first-order valence-corrected chi connectivity index (χ1v) is 6.99. The van der Waals surface area contributed by atoms with Gasteiger partial charge in [-0.3, -0.25) is 4.79 Å². The van der Waals surface area contributed by atoms with Crippen molar-refractivity contribution in [3.63, 3.8) is 0 Å². The molecule has 0 aliphatic carbocycles. The Morgan fingerprint density at radius 3 is 3.11 bits per heavy atom. The molecule has 2 aliphatic heterocycles. The summed E-state index contributed by atoms with van der Waals surface area (Å²) in [7, 11) is 1.63. The summed E-state index contributed by atoms with van der Waals surface area (Å²) in [5, 5.41) is 3.09. The minimum Gasteiger partial charge on any atom is -0.385 e. The van der Waals surface area contributed by atoms with Crippen LogP contribution in [0.5, 0.6) is 0 Å². The van der Waals surface area contributed by atoms with Gasteiger partial charge in [0.1, 0.15) is 0 Å². The zero-order valence-electron chi connectivity index (χ0n) is 11.2. The summed E-state index contributed by atoms with van der Waals surface area (Å²) in [6, 6.07) is 0.552. The van der Waals surface area contributed by atoms with Gasteiger partial charge in [0.2, 0.25) is 5.91 Å². The molecule has 3 N–H and O–H groups in total. The van der Waals surface area contributed by atoms with Crippen LogP contribution in [0.4, 0.5) is 0 Å². The first-order valence-electron chi connectivity index (χ1n) is 6.99. The van der Waals surface area contributed by atoms with Gasteiger partial charge in [0.05, 0.1) is 6.04 Å². The van der Waals surface area contributed by atoms with Crippen molar-refractivity contribution in [2.45, 2.75) is 50.2 Å². The molecule has 104 valence electrons. The van der Waals surface area contributed by atoms with E-state index in [1.807, 2.05) is 0 Å². The highest BCUT2D eigenvalue weighted by Gasteiger charge is 2.32. The third kappa shape index (κ3) is 3.43. The molecule has 0 bridgehead atoms. The number of methoxy groups -OCH3 is 1. The Kier molecular flexibility index (Phi) is 4.97. The molecular weight excluding hydrogens is 230 g/mol. The van der Waals surface area contributed by atoms with Crippen molar-refractivity contribution in [3.05, 3.63) is 0 Å². The van der Waals surface area contributed by atoms with Gasteiger partial charge in [0.15, 0.2) is 0 Å². The van der Waals surface area contributed by atoms with Crippen molar-refractivity contribution in [3.8, 4) is 0 Å². The predicted octanol–water partition coefficient (Wildman–Crippen LogP) is 0.0932. The quantitative estimate of drug-likeness (QED) is 0.731. The number of ether oxygens (including phenoxy) is 1. The molecule has 0 aromatic heterocycles. The Hall–Kier alpha value is -0.650. The third-order valence-corrected chi connectivity index (χ3v) is 4.14. The van der Waals surface area contributed by atoms with E-state index in [4.69, 9.17) is 10.5 Å². The van der Waals surface area contributed by atoms with Gasteiger partial charge < -0.3 is 20.7 Å². The highest BCUT2D eigenvalue weighted by Crippen LogP contribution is 2.26. The Balaban J connectivity index is 1.74. The van der Waals surface area contributed by atoms with E-state index in [1.54, 1.807) is 7.11 Å². The average Bonchev–Trinajstić information content (AvgIpc) is 2.83. The van der Waals surface area contributed by atoms with E-state index in [0.717, 1.165) is 19.4 Å². The fourth-order valence-electron chi connectivity index (χ4n) is 3.04. The Morgan fingerprint density at radius 1 is 1.50 bits per heavy atom. The standard InChI is InChI=1S/C13H25N3O2/c1-18-8-5-12(14)13(17)15-10-4-7-16-6-2-3-11(16)9-10/h10-12H,2-9,14H2,1H3,(H,15,17). The first-order chi connectivity index (χ1) is 8.70. The summed E-state index contributed by atoms with van der Waals surface area (Å²) >= 11 is 0. The molecule has 0 saturated carbocycles.